The first-order valence-corrected chi connectivity index (χ1v) is 56.2. The maximum Gasteiger partial charge on any atom is 0.337 e. The largest absolute Gasteiger partial charge is 0.494 e. The highest BCUT2D eigenvalue weighted by Crippen LogP contribution is 2.37. The lowest BCUT2D eigenvalue weighted by Crippen LogP contribution is -2.03. The number of carbonyl (C=O) groups is 1. The zero-order valence-electron chi connectivity index (χ0n) is 89.7. The van der Waals surface area contributed by atoms with E-state index in [-0.39, 0.29) is 13.2 Å². The summed E-state index contributed by atoms with van der Waals surface area (Å²) in [6, 6.07) is 89.9. The Hall–Kier alpha value is -12.7. The van der Waals surface area contributed by atoms with Gasteiger partial charge in [0.05, 0.1) is 39.1 Å². The van der Waals surface area contributed by atoms with Crippen molar-refractivity contribution in [3.8, 4) is 91.6 Å². The molecule has 0 aromatic heterocycles. The summed E-state index contributed by atoms with van der Waals surface area (Å²) in [6.45, 7) is 15.4. The quantitative estimate of drug-likeness (QED) is 0.0262. The normalized spacial score (nSPS) is 11.1. The Bertz CT molecular complexity index is 5220. The summed E-state index contributed by atoms with van der Waals surface area (Å²) in [6.07, 6.45) is 51.9. The Morgan fingerprint density at radius 2 is 0.351 bits per heavy atom. The monoisotopic (exact) mass is 2010 g/mol. The summed E-state index contributed by atoms with van der Waals surface area (Å²) in [7, 11) is 1.38. The van der Waals surface area contributed by atoms with Crippen molar-refractivity contribution in [2.45, 2.75) is 351 Å². The molecule has 16 heteroatoms. The number of rotatable bonds is 80. The van der Waals surface area contributed by atoms with E-state index >= 15 is 0 Å². The molecule has 16 nitrogen and oxygen atoms in total. The Kier molecular flexibility index (Phi) is 53.6. The van der Waals surface area contributed by atoms with Crippen LogP contribution in [0, 0.1) is 0 Å². The number of carbonyl (C=O) groups excluding carboxylic acids is 1. The van der Waals surface area contributed by atoms with E-state index in [1.165, 1.54) is 238 Å². The van der Waals surface area contributed by atoms with Crippen molar-refractivity contribution >= 4 is 5.97 Å². The summed E-state index contributed by atoms with van der Waals surface area (Å²) in [5, 5.41) is 0. The molecule has 0 aliphatic rings. The van der Waals surface area contributed by atoms with Crippen LogP contribution < -0.4 is 66.3 Å². The van der Waals surface area contributed by atoms with Crippen LogP contribution in [0.4, 0.5) is 0 Å². The lowest BCUT2D eigenvalue weighted by Gasteiger charge is -2.16. The lowest BCUT2D eigenvalue weighted by atomic mass is 10.0. The van der Waals surface area contributed by atoms with E-state index in [1.54, 1.807) is 12.1 Å². The maximum absolute atomic E-state index is 12.5. The van der Waals surface area contributed by atoms with Crippen LogP contribution in [0.5, 0.6) is 80.5 Å². The summed E-state index contributed by atoms with van der Waals surface area (Å²) in [5.41, 5.74) is 12.1. The molecule has 12 rings (SSSR count). The molecule has 0 heterocycles. The van der Waals surface area contributed by atoms with Crippen LogP contribution in [0.1, 0.15) is 351 Å². The lowest BCUT2D eigenvalue weighted by molar-refractivity contribution is 0.0600. The van der Waals surface area contributed by atoms with Crippen LogP contribution in [0.2, 0.25) is 0 Å². The van der Waals surface area contributed by atoms with Crippen LogP contribution in [-0.2, 0) is 70.8 Å². The van der Waals surface area contributed by atoms with Crippen LogP contribution in [0.25, 0.3) is 11.1 Å². The third kappa shape index (κ3) is 45.2. The molecule has 0 amide bonds. The minimum Gasteiger partial charge on any atom is -0.494 e. The highest BCUT2D eigenvalue weighted by Gasteiger charge is 2.18. The Labute approximate surface area is 886 Å². The van der Waals surface area contributed by atoms with Crippen molar-refractivity contribution in [3.63, 3.8) is 0 Å². The van der Waals surface area contributed by atoms with E-state index < -0.39 is 5.97 Å². The van der Waals surface area contributed by atoms with Crippen molar-refractivity contribution in [1.82, 2.24) is 0 Å². The smallest absolute Gasteiger partial charge is 0.337 e. The van der Waals surface area contributed by atoms with Gasteiger partial charge in [0, 0.05) is 6.07 Å². The Morgan fingerprint density at radius 1 is 0.162 bits per heavy atom. The number of ether oxygens (including phenoxy) is 15. The average Bonchev–Trinajstić information content (AvgIpc) is 0.816. The van der Waals surface area contributed by atoms with Crippen LogP contribution in [-0.4, -0.2) is 39.5 Å². The summed E-state index contributed by atoms with van der Waals surface area (Å²) >= 11 is 0. The van der Waals surface area contributed by atoms with Gasteiger partial charge in [-0.15, -0.1) is 0 Å². The topological polar surface area (TPSA) is 156 Å². The fourth-order valence-electron chi connectivity index (χ4n) is 17.8. The van der Waals surface area contributed by atoms with Crippen molar-refractivity contribution in [3.05, 3.63) is 334 Å². The molecular weight excluding hydrogens is 1840 g/mol. The molecule has 148 heavy (non-hydrogen) atoms. The van der Waals surface area contributed by atoms with Gasteiger partial charge in [0.25, 0.3) is 0 Å². The fraction of sp³-hybridized carbons (Fsp3) is 0.447. The number of hydrogen-bond donors (Lipinski definition) is 0. The van der Waals surface area contributed by atoms with Gasteiger partial charge in [0.15, 0.2) is 23.0 Å². The summed E-state index contributed by atoms with van der Waals surface area (Å²) in [4.78, 5) is 12.5. The first kappa shape index (κ1) is 114. The first-order chi connectivity index (χ1) is 73.1. The van der Waals surface area contributed by atoms with Gasteiger partial charge in [-0.05, 0) is 238 Å². The second-order valence-electron chi connectivity index (χ2n) is 39.5. The zero-order chi connectivity index (χ0) is 103. The Balaban J connectivity index is 0.590. The first-order valence-electron chi connectivity index (χ1n) is 56.2. The van der Waals surface area contributed by atoms with E-state index in [0.29, 0.717) is 92.9 Å². The molecule has 0 spiro atoms. The molecule has 792 valence electrons. The molecule has 0 saturated heterocycles. The standard InChI is InChI=1S/C132H168O16/c1-6-10-14-18-22-26-30-34-38-42-86-135-118-68-46-109(47-69-118)99-145-128-84-62-113(90-130(128)147-101-111-50-72-120(73-51-111)137-88-44-40-36-32-28-24-20-16-12-8-3)103-141-124-80-54-105(55-81-124)95-139-122-76-58-107(59-77-122)97-143-126-92-117(115-64-66-116(67-65-115)132(133)134-5)93-127(94-126)144-98-108-60-78-123(79-61-108)140-96-106-56-82-125(83-57-106)142-104-114-63-85-129(146-100-110-48-70-119(71-49-110)136-87-43-39-35-31-27-23-19-15-11-7-2)131(91-114)148-102-112-52-74-121(75-53-112)138-89-45-41-37-33-29-25-21-17-13-9-4/h46-85,90-94H,6-45,86-89,95-104H2,1-5H3. The molecule has 0 unspecified atom stereocenters. The van der Waals surface area contributed by atoms with Gasteiger partial charge in [0.1, 0.15) is 124 Å². The van der Waals surface area contributed by atoms with Gasteiger partial charge in [-0.2, -0.15) is 0 Å². The predicted molar refractivity (Wildman–Crippen MR) is 600 cm³/mol. The number of unbranched alkanes of at least 4 members (excludes halogenated alkanes) is 36. The molecule has 0 radical (unpaired) electrons. The second-order valence-corrected chi connectivity index (χ2v) is 39.5. The highest BCUT2D eigenvalue weighted by atomic mass is 16.5. The zero-order valence-corrected chi connectivity index (χ0v) is 89.7. The van der Waals surface area contributed by atoms with E-state index in [4.69, 9.17) is 71.1 Å². The molecule has 12 aromatic carbocycles. The van der Waals surface area contributed by atoms with Crippen molar-refractivity contribution in [2.75, 3.05) is 33.5 Å². The molecule has 0 aliphatic carbocycles. The molecular formula is C132H168O16. The minimum absolute atomic E-state index is 0.289. The fourth-order valence-corrected chi connectivity index (χ4v) is 17.8. The van der Waals surface area contributed by atoms with Gasteiger partial charge in [-0.25, -0.2) is 4.79 Å². The van der Waals surface area contributed by atoms with E-state index in [1.807, 2.05) is 212 Å². The van der Waals surface area contributed by atoms with Crippen LogP contribution in [0.3, 0.4) is 0 Å². The third-order valence-electron chi connectivity index (χ3n) is 27.0. The molecule has 0 saturated carbocycles. The molecule has 12 aromatic rings. The van der Waals surface area contributed by atoms with Gasteiger partial charge in [0.2, 0.25) is 0 Å². The summed E-state index contributed by atoms with van der Waals surface area (Å²) in [5.74, 6) is 9.81. The molecule has 0 bridgehead atoms. The maximum atomic E-state index is 12.5. The predicted octanol–water partition coefficient (Wildman–Crippen LogP) is 36.1. The SMILES string of the molecule is CCCCCCCCCCCCOc1ccc(COc2ccc(COc3ccc(COc4ccc(COc5cc(OCc6ccc(OCc7ccc(OCc8ccc(OCc9ccc(OCCCCCCCCCCCC)cc9)c(OCc9ccc(OCCCCCCCCCCCC)cc9)c8)cc7)cc6)cc(-c6ccc(C(=O)OC)cc6)c5)cc4)cc3)cc2OCc2ccc(OCCCCCCCCCCCC)cc2)cc1. The second kappa shape index (κ2) is 69.5. The summed E-state index contributed by atoms with van der Waals surface area (Å²) < 4.78 is 94.2. The van der Waals surface area contributed by atoms with Crippen molar-refractivity contribution in [1.29, 1.82) is 0 Å². The Morgan fingerprint density at radius 3 is 0.581 bits per heavy atom. The number of hydrogen-bond acceptors (Lipinski definition) is 16. The van der Waals surface area contributed by atoms with Gasteiger partial charge in [-0.3, -0.25) is 0 Å². The average molecular weight is 2010 g/mol. The van der Waals surface area contributed by atoms with E-state index in [0.717, 1.165) is 165 Å². The van der Waals surface area contributed by atoms with Gasteiger partial charge < -0.3 is 71.1 Å². The van der Waals surface area contributed by atoms with Crippen LogP contribution >= 0.6 is 0 Å². The van der Waals surface area contributed by atoms with E-state index in [9.17, 15) is 4.79 Å². The van der Waals surface area contributed by atoms with Crippen LogP contribution in [0.15, 0.2) is 273 Å². The van der Waals surface area contributed by atoms with Crippen molar-refractivity contribution < 1.29 is 75.8 Å². The van der Waals surface area contributed by atoms with Gasteiger partial charge in [-0.1, -0.05) is 380 Å². The molecule has 0 N–H and O–H groups in total. The number of methoxy groups -OCH3 is 1. The molecule has 0 aliphatic heterocycles. The highest BCUT2D eigenvalue weighted by molar-refractivity contribution is 5.90. The minimum atomic E-state index is -0.406. The van der Waals surface area contributed by atoms with Crippen molar-refractivity contribution in [2.24, 2.45) is 0 Å². The number of esters is 1. The van der Waals surface area contributed by atoms with E-state index in [2.05, 4.69) is 76.2 Å². The molecule has 0 fully saturated rings. The molecule has 0 atom stereocenters. The number of benzene rings is 12. The third-order valence-corrected chi connectivity index (χ3v) is 27.0. The van der Waals surface area contributed by atoms with Gasteiger partial charge >= 0.3 is 5.97 Å².